The highest BCUT2D eigenvalue weighted by atomic mass is 16.2. The first-order chi connectivity index (χ1) is 3.39. The first-order valence-corrected chi connectivity index (χ1v) is 2.12. The molecule has 0 spiro atoms. The number of hydrogen-bond acceptors (Lipinski definition) is 3. The third-order valence-electron chi connectivity index (χ3n) is 0.727. The van der Waals surface area contributed by atoms with Crippen LogP contribution in [-0.2, 0) is 4.79 Å². The Morgan fingerprint density at radius 1 is 1.57 bits per heavy atom. The van der Waals surface area contributed by atoms with Crippen molar-refractivity contribution < 1.29 is 4.79 Å². The summed E-state index contributed by atoms with van der Waals surface area (Å²) in [4.78, 5) is 10.2. The standard InChI is InChI=1S/C3H7N3O/c7-3-1-4-2-5-6-3/h4-5H,1-2H2,(H,6,7). The molecule has 0 aliphatic carbocycles. The van der Waals surface area contributed by atoms with E-state index in [1.54, 1.807) is 0 Å². The molecule has 0 unspecified atom stereocenters. The lowest BCUT2D eigenvalue weighted by molar-refractivity contribution is -0.122. The number of carbonyl (C=O) groups is 1. The Hall–Kier alpha value is -0.610. The smallest absolute Gasteiger partial charge is 0.248 e. The minimum Gasteiger partial charge on any atom is -0.294 e. The van der Waals surface area contributed by atoms with Crippen LogP contribution < -0.4 is 16.2 Å². The van der Waals surface area contributed by atoms with Crippen LogP contribution in [0.5, 0.6) is 0 Å². The molecular formula is C3H7N3O. The van der Waals surface area contributed by atoms with Crippen LogP contribution in [0, 0.1) is 0 Å². The fourth-order valence-electron chi connectivity index (χ4n) is 0.426. The lowest BCUT2D eigenvalue weighted by Crippen LogP contribution is -2.53. The quantitative estimate of drug-likeness (QED) is 0.336. The van der Waals surface area contributed by atoms with Crippen molar-refractivity contribution in [2.45, 2.75) is 0 Å². The second-order valence-corrected chi connectivity index (χ2v) is 1.33. The highest BCUT2D eigenvalue weighted by Crippen LogP contribution is 1.63. The molecule has 0 aromatic heterocycles. The fourth-order valence-corrected chi connectivity index (χ4v) is 0.426. The van der Waals surface area contributed by atoms with Crippen molar-refractivity contribution in [2.24, 2.45) is 0 Å². The average Bonchev–Trinajstić information content (AvgIpc) is 1.69. The third kappa shape index (κ3) is 1.13. The van der Waals surface area contributed by atoms with E-state index in [-0.39, 0.29) is 5.91 Å². The van der Waals surface area contributed by atoms with Crippen molar-refractivity contribution in [3.8, 4) is 0 Å². The molecule has 1 fully saturated rings. The number of nitrogens with one attached hydrogen (secondary N) is 3. The predicted molar refractivity (Wildman–Crippen MR) is 24.1 cm³/mol. The molecule has 40 valence electrons. The molecule has 1 saturated heterocycles. The highest BCUT2D eigenvalue weighted by molar-refractivity contribution is 5.77. The average molecular weight is 101 g/mol. The van der Waals surface area contributed by atoms with Crippen LogP contribution in [0.25, 0.3) is 0 Å². The molecule has 3 N–H and O–H groups in total. The molecule has 0 aromatic carbocycles. The molecule has 0 saturated carbocycles. The van der Waals surface area contributed by atoms with Gasteiger partial charge < -0.3 is 0 Å². The summed E-state index contributed by atoms with van der Waals surface area (Å²) in [6.45, 7) is 1.08. The molecule has 4 nitrogen and oxygen atoms in total. The van der Waals surface area contributed by atoms with E-state index in [9.17, 15) is 4.79 Å². The summed E-state index contributed by atoms with van der Waals surface area (Å²) < 4.78 is 0. The highest BCUT2D eigenvalue weighted by Gasteiger charge is 2.01. The summed E-state index contributed by atoms with van der Waals surface area (Å²) in [5.74, 6) is -0.00810. The van der Waals surface area contributed by atoms with Gasteiger partial charge in [-0.3, -0.25) is 15.5 Å². The molecule has 1 aliphatic heterocycles. The summed E-state index contributed by atoms with van der Waals surface area (Å²) in [6, 6.07) is 0. The Labute approximate surface area is 41.2 Å². The van der Waals surface area contributed by atoms with Gasteiger partial charge >= 0.3 is 0 Å². The summed E-state index contributed by atoms with van der Waals surface area (Å²) in [5.41, 5.74) is 5.05. The van der Waals surface area contributed by atoms with Crippen LogP contribution in [0.1, 0.15) is 0 Å². The van der Waals surface area contributed by atoms with E-state index in [4.69, 9.17) is 0 Å². The Bertz CT molecular complexity index is 74.2. The maximum absolute atomic E-state index is 10.2. The monoisotopic (exact) mass is 101 g/mol. The lowest BCUT2D eigenvalue weighted by Gasteiger charge is -2.12. The summed E-state index contributed by atoms with van der Waals surface area (Å²) in [7, 11) is 0. The SMILES string of the molecule is O=C1CNCNN1. The van der Waals surface area contributed by atoms with Gasteiger partial charge in [-0.1, -0.05) is 0 Å². The molecule has 4 heteroatoms. The Balaban J connectivity index is 2.25. The van der Waals surface area contributed by atoms with Crippen molar-refractivity contribution in [1.82, 2.24) is 16.2 Å². The second kappa shape index (κ2) is 1.90. The van der Waals surface area contributed by atoms with Crippen molar-refractivity contribution in [2.75, 3.05) is 13.2 Å². The van der Waals surface area contributed by atoms with Crippen molar-refractivity contribution in [3.05, 3.63) is 0 Å². The summed E-state index contributed by atoms with van der Waals surface area (Å²) in [6.07, 6.45) is 0. The van der Waals surface area contributed by atoms with Crippen molar-refractivity contribution >= 4 is 5.91 Å². The normalized spacial score (nSPS) is 21.4. The Morgan fingerprint density at radius 2 is 2.43 bits per heavy atom. The van der Waals surface area contributed by atoms with Gasteiger partial charge in [-0.15, -0.1) is 0 Å². The first-order valence-electron chi connectivity index (χ1n) is 2.12. The van der Waals surface area contributed by atoms with Gasteiger partial charge in [0, 0.05) is 0 Å². The first kappa shape index (κ1) is 4.55. The zero-order valence-corrected chi connectivity index (χ0v) is 3.82. The molecule has 0 aromatic rings. The minimum absolute atomic E-state index is 0.00810. The molecule has 1 aliphatic rings. The largest absolute Gasteiger partial charge is 0.294 e. The molecule has 7 heavy (non-hydrogen) atoms. The van der Waals surface area contributed by atoms with Crippen LogP contribution in [0.15, 0.2) is 0 Å². The Kier molecular flexibility index (Phi) is 1.24. The summed E-state index contributed by atoms with van der Waals surface area (Å²) >= 11 is 0. The van der Waals surface area contributed by atoms with E-state index in [1.165, 1.54) is 0 Å². The molecule has 1 heterocycles. The molecule has 0 bridgehead atoms. The van der Waals surface area contributed by atoms with Gasteiger partial charge in [0.25, 0.3) is 0 Å². The van der Waals surface area contributed by atoms with E-state index in [0.717, 1.165) is 0 Å². The van der Waals surface area contributed by atoms with Crippen molar-refractivity contribution in [1.29, 1.82) is 0 Å². The van der Waals surface area contributed by atoms with Gasteiger partial charge in [-0.2, -0.15) is 0 Å². The lowest BCUT2D eigenvalue weighted by atomic mass is 10.6. The van der Waals surface area contributed by atoms with Crippen LogP contribution in [-0.4, -0.2) is 19.1 Å². The van der Waals surface area contributed by atoms with E-state index in [2.05, 4.69) is 16.2 Å². The number of amides is 1. The predicted octanol–water partition coefficient (Wildman–Crippen LogP) is -1.83. The molecular weight excluding hydrogens is 94.1 g/mol. The second-order valence-electron chi connectivity index (χ2n) is 1.33. The van der Waals surface area contributed by atoms with Gasteiger partial charge in [0.15, 0.2) is 0 Å². The summed E-state index contributed by atoms with van der Waals surface area (Å²) in [5, 5.41) is 2.81. The zero-order chi connectivity index (χ0) is 5.11. The van der Waals surface area contributed by atoms with E-state index in [0.29, 0.717) is 13.2 Å². The van der Waals surface area contributed by atoms with Gasteiger partial charge in [-0.25, -0.2) is 5.43 Å². The van der Waals surface area contributed by atoms with Crippen LogP contribution in [0.2, 0.25) is 0 Å². The molecule has 1 rings (SSSR count). The number of hydrazine groups is 1. The number of rotatable bonds is 0. The van der Waals surface area contributed by atoms with E-state index < -0.39 is 0 Å². The van der Waals surface area contributed by atoms with E-state index in [1.807, 2.05) is 0 Å². The maximum atomic E-state index is 10.2. The maximum Gasteiger partial charge on any atom is 0.248 e. The van der Waals surface area contributed by atoms with Gasteiger partial charge in [0.05, 0.1) is 13.2 Å². The minimum atomic E-state index is -0.00810. The molecule has 0 radical (unpaired) electrons. The van der Waals surface area contributed by atoms with Gasteiger partial charge in [-0.05, 0) is 0 Å². The van der Waals surface area contributed by atoms with E-state index >= 15 is 0 Å². The third-order valence-corrected chi connectivity index (χ3v) is 0.727. The fraction of sp³-hybridized carbons (Fsp3) is 0.667. The number of carbonyl (C=O) groups excluding carboxylic acids is 1. The van der Waals surface area contributed by atoms with Crippen LogP contribution in [0.4, 0.5) is 0 Å². The van der Waals surface area contributed by atoms with Crippen molar-refractivity contribution in [3.63, 3.8) is 0 Å². The molecule has 1 amide bonds. The topological polar surface area (TPSA) is 53.2 Å². The van der Waals surface area contributed by atoms with Gasteiger partial charge in [0.1, 0.15) is 0 Å². The van der Waals surface area contributed by atoms with Crippen LogP contribution in [0.3, 0.4) is 0 Å². The van der Waals surface area contributed by atoms with Gasteiger partial charge in [0.2, 0.25) is 5.91 Å². The molecule has 0 atom stereocenters. The zero-order valence-electron chi connectivity index (χ0n) is 3.82. The Morgan fingerprint density at radius 3 is 2.71 bits per heavy atom. The van der Waals surface area contributed by atoms with Crippen LogP contribution >= 0.6 is 0 Å². The number of hydrogen-bond donors (Lipinski definition) is 3.